The molecule has 1 unspecified atom stereocenters. The molecule has 0 aliphatic carbocycles. The summed E-state index contributed by atoms with van der Waals surface area (Å²) < 4.78 is 25.4. The van der Waals surface area contributed by atoms with Crippen LogP contribution < -0.4 is 5.43 Å². The van der Waals surface area contributed by atoms with E-state index in [1.165, 1.54) is 6.07 Å². The summed E-state index contributed by atoms with van der Waals surface area (Å²) in [6.07, 6.45) is 0.0519. The number of carbonyl (C=O) groups excluding carboxylic acids is 1. The van der Waals surface area contributed by atoms with Crippen molar-refractivity contribution in [3.8, 4) is 0 Å². The lowest BCUT2D eigenvalue weighted by molar-refractivity contribution is 0.0529. The van der Waals surface area contributed by atoms with Gasteiger partial charge in [-0.3, -0.25) is 0 Å². The predicted octanol–water partition coefficient (Wildman–Crippen LogP) is 3.85. The van der Waals surface area contributed by atoms with Crippen LogP contribution in [0, 0.1) is 11.7 Å². The van der Waals surface area contributed by atoms with Crippen LogP contribution in [-0.2, 0) is 9.47 Å². The first-order chi connectivity index (χ1) is 10.8. The van der Waals surface area contributed by atoms with E-state index >= 15 is 0 Å². The van der Waals surface area contributed by atoms with Crippen molar-refractivity contribution in [3.63, 3.8) is 0 Å². The van der Waals surface area contributed by atoms with Gasteiger partial charge in [0.15, 0.2) is 0 Å². The maximum atomic E-state index is 14.3. The van der Waals surface area contributed by atoms with Crippen molar-refractivity contribution in [3.05, 3.63) is 34.1 Å². The molecule has 1 atom stereocenters. The monoisotopic (exact) mass is 386 g/mol. The Bertz CT molecular complexity index is 608. The molecule has 1 saturated heterocycles. The van der Waals surface area contributed by atoms with Gasteiger partial charge in [-0.25, -0.2) is 14.6 Å². The van der Waals surface area contributed by atoms with Crippen LogP contribution in [0.2, 0.25) is 0 Å². The molecule has 0 radical (unpaired) electrons. The molecule has 1 aromatic carbocycles. The number of nitrogens with zero attached hydrogens (tertiary/aromatic N) is 1. The molecule has 0 spiro atoms. The molecule has 5 nitrogen and oxygen atoms in total. The third kappa shape index (κ3) is 5.28. The zero-order chi connectivity index (χ0) is 17.0. The maximum absolute atomic E-state index is 14.3. The van der Waals surface area contributed by atoms with Gasteiger partial charge < -0.3 is 9.47 Å². The standard InChI is InChI=1S/C16H20BrFN2O3/c1-16(2,3)23-15(21)20-19-14(10-6-7-22-9-10)12-5-4-11(17)8-13(12)18/h4-5,8,10H,6-7,9H2,1-3H3,(H,20,21)/b19-14-. The molecular weight excluding hydrogens is 367 g/mol. The van der Waals surface area contributed by atoms with Crippen LogP contribution in [0.4, 0.5) is 9.18 Å². The Labute approximate surface area is 143 Å². The Morgan fingerprint density at radius 2 is 2.22 bits per heavy atom. The Balaban J connectivity index is 2.24. The van der Waals surface area contributed by atoms with E-state index in [4.69, 9.17) is 9.47 Å². The van der Waals surface area contributed by atoms with Gasteiger partial charge in [-0.15, -0.1) is 0 Å². The lowest BCUT2D eigenvalue weighted by Crippen LogP contribution is -2.31. The average Bonchev–Trinajstić information content (AvgIpc) is 2.93. The topological polar surface area (TPSA) is 59.9 Å². The van der Waals surface area contributed by atoms with Crippen molar-refractivity contribution in [2.24, 2.45) is 11.0 Å². The lowest BCUT2D eigenvalue weighted by atomic mass is 9.96. The third-order valence-electron chi connectivity index (χ3n) is 3.19. The normalized spacial score (nSPS) is 18.8. The number of nitrogens with one attached hydrogen (secondary N) is 1. The number of carbonyl (C=O) groups is 1. The van der Waals surface area contributed by atoms with Crippen LogP contribution in [0.1, 0.15) is 32.8 Å². The van der Waals surface area contributed by atoms with E-state index in [1.54, 1.807) is 32.9 Å². The molecule has 1 N–H and O–H groups in total. The second-order valence-corrected chi connectivity index (χ2v) is 7.21. The number of hydrogen-bond acceptors (Lipinski definition) is 4. The van der Waals surface area contributed by atoms with Gasteiger partial charge in [-0.1, -0.05) is 15.9 Å². The fraction of sp³-hybridized carbons (Fsp3) is 0.500. The summed E-state index contributed by atoms with van der Waals surface area (Å²) in [5, 5.41) is 4.11. The zero-order valence-corrected chi connectivity index (χ0v) is 14.9. The highest BCUT2D eigenvalue weighted by atomic mass is 79.9. The summed E-state index contributed by atoms with van der Waals surface area (Å²) in [4.78, 5) is 11.8. The fourth-order valence-corrected chi connectivity index (χ4v) is 2.56. The van der Waals surface area contributed by atoms with E-state index in [9.17, 15) is 9.18 Å². The van der Waals surface area contributed by atoms with Gasteiger partial charge in [0.25, 0.3) is 0 Å². The third-order valence-corrected chi connectivity index (χ3v) is 3.68. The van der Waals surface area contributed by atoms with Crippen molar-refractivity contribution in [1.29, 1.82) is 0 Å². The number of ether oxygens (including phenoxy) is 2. The van der Waals surface area contributed by atoms with E-state index in [0.717, 1.165) is 6.42 Å². The largest absolute Gasteiger partial charge is 0.443 e. The molecule has 0 saturated carbocycles. The van der Waals surface area contributed by atoms with Gasteiger partial charge in [0.2, 0.25) is 0 Å². The van der Waals surface area contributed by atoms with Crippen LogP contribution >= 0.6 is 15.9 Å². The summed E-state index contributed by atoms with van der Waals surface area (Å²) in [7, 11) is 0. The van der Waals surface area contributed by atoms with Crippen LogP contribution in [0.15, 0.2) is 27.8 Å². The Hall–Kier alpha value is -1.47. The Morgan fingerprint density at radius 3 is 2.78 bits per heavy atom. The van der Waals surface area contributed by atoms with Gasteiger partial charge in [0, 0.05) is 22.6 Å². The molecule has 1 amide bonds. The number of rotatable bonds is 3. The molecule has 0 aromatic heterocycles. The highest BCUT2D eigenvalue weighted by Gasteiger charge is 2.26. The summed E-state index contributed by atoms with van der Waals surface area (Å²) in [5.41, 5.74) is 2.53. The first-order valence-corrected chi connectivity index (χ1v) is 8.15. The minimum atomic E-state index is -0.675. The summed E-state index contributed by atoms with van der Waals surface area (Å²) >= 11 is 3.23. The van der Waals surface area contributed by atoms with Gasteiger partial charge in [-0.05, 0) is 45.4 Å². The lowest BCUT2D eigenvalue weighted by Gasteiger charge is -2.19. The maximum Gasteiger partial charge on any atom is 0.428 e. The van der Waals surface area contributed by atoms with Crippen LogP contribution in [0.25, 0.3) is 0 Å². The number of benzene rings is 1. The first kappa shape index (κ1) is 17.9. The van der Waals surface area contributed by atoms with E-state index < -0.39 is 17.5 Å². The minimum Gasteiger partial charge on any atom is -0.443 e. The second kappa shape index (κ2) is 7.40. The van der Waals surface area contributed by atoms with Crippen molar-refractivity contribution in [2.75, 3.05) is 13.2 Å². The molecule has 1 fully saturated rings. The molecule has 1 aliphatic rings. The number of amides is 1. The summed E-state index contributed by atoms with van der Waals surface area (Å²) in [5.74, 6) is -0.475. The second-order valence-electron chi connectivity index (χ2n) is 6.30. The summed E-state index contributed by atoms with van der Waals surface area (Å²) in [6.45, 7) is 6.32. The smallest absolute Gasteiger partial charge is 0.428 e. The van der Waals surface area contributed by atoms with Crippen molar-refractivity contribution >= 4 is 27.7 Å². The van der Waals surface area contributed by atoms with Crippen LogP contribution in [0.5, 0.6) is 0 Å². The molecule has 7 heteroatoms. The van der Waals surface area contributed by atoms with Gasteiger partial charge in [0.1, 0.15) is 11.4 Å². The van der Waals surface area contributed by atoms with Crippen molar-refractivity contribution in [2.45, 2.75) is 32.8 Å². The van der Waals surface area contributed by atoms with Crippen LogP contribution in [-0.4, -0.2) is 30.6 Å². The zero-order valence-electron chi connectivity index (χ0n) is 13.4. The molecule has 1 aliphatic heterocycles. The van der Waals surface area contributed by atoms with Gasteiger partial charge in [-0.2, -0.15) is 5.10 Å². The summed E-state index contributed by atoms with van der Waals surface area (Å²) in [6, 6.07) is 4.73. The Morgan fingerprint density at radius 1 is 1.48 bits per heavy atom. The molecule has 126 valence electrons. The molecular formula is C16H20BrFN2O3. The first-order valence-electron chi connectivity index (χ1n) is 7.36. The molecule has 0 bridgehead atoms. The highest BCUT2D eigenvalue weighted by molar-refractivity contribution is 9.10. The van der Waals surface area contributed by atoms with Gasteiger partial charge >= 0.3 is 6.09 Å². The van der Waals surface area contributed by atoms with E-state index in [0.29, 0.717) is 29.0 Å². The van der Waals surface area contributed by atoms with E-state index in [1.807, 2.05) is 0 Å². The highest BCUT2D eigenvalue weighted by Crippen LogP contribution is 2.23. The number of halogens is 2. The van der Waals surface area contributed by atoms with Crippen molar-refractivity contribution < 1.29 is 18.7 Å². The quantitative estimate of drug-likeness (QED) is 0.633. The van der Waals surface area contributed by atoms with Crippen molar-refractivity contribution in [1.82, 2.24) is 5.43 Å². The number of hydrazone groups is 1. The minimum absolute atomic E-state index is 0.0689. The SMILES string of the molecule is CC(C)(C)OC(=O)N/N=C(\c1ccc(Br)cc1F)C1CCOC1. The average molecular weight is 387 g/mol. The molecule has 23 heavy (non-hydrogen) atoms. The Kier molecular flexibility index (Phi) is 5.75. The number of hydrogen-bond donors (Lipinski definition) is 1. The van der Waals surface area contributed by atoms with E-state index in [-0.39, 0.29) is 5.92 Å². The molecule has 1 heterocycles. The molecule has 1 aromatic rings. The van der Waals surface area contributed by atoms with E-state index in [2.05, 4.69) is 26.5 Å². The predicted molar refractivity (Wildman–Crippen MR) is 88.9 cm³/mol. The fourth-order valence-electron chi connectivity index (χ4n) is 2.23. The van der Waals surface area contributed by atoms with Crippen LogP contribution in [0.3, 0.4) is 0 Å². The molecule has 2 rings (SSSR count). The van der Waals surface area contributed by atoms with Gasteiger partial charge in [0.05, 0.1) is 12.3 Å².